The van der Waals surface area contributed by atoms with Crippen molar-refractivity contribution < 1.29 is 14.2 Å². The lowest BCUT2D eigenvalue weighted by atomic mass is 10.2. The highest BCUT2D eigenvalue weighted by Gasteiger charge is 2.13. The second kappa shape index (κ2) is 8.22. The Hall–Kier alpha value is -0.930. The molecule has 0 radical (unpaired) electrons. The zero-order valence-corrected chi connectivity index (χ0v) is 12.0. The summed E-state index contributed by atoms with van der Waals surface area (Å²) in [6, 6.07) is 5.78. The van der Waals surface area contributed by atoms with Gasteiger partial charge in [0.15, 0.2) is 11.5 Å². The van der Waals surface area contributed by atoms with E-state index in [0.717, 1.165) is 23.5 Å². The summed E-state index contributed by atoms with van der Waals surface area (Å²) in [6.07, 6.45) is 0.895. The minimum atomic E-state index is 0.0634. The van der Waals surface area contributed by atoms with E-state index in [0.29, 0.717) is 19.1 Å². The molecule has 0 aliphatic carbocycles. The van der Waals surface area contributed by atoms with Crippen LogP contribution in [0.5, 0.6) is 11.5 Å². The Labute approximate surface area is 114 Å². The van der Waals surface area contributed by atoms with Crippen molar-refractivity contribution in [2.24, 2.45) is 0 Å². The van der Waals surface area contributed by atoms with Crippen molar-refractivity contribution in [1.82, 2.24) is 0 Å². The Morgan fingerprint density at radius 1 is 1.33 bits per heavy atom. The van der Waals surface area contributed by atoms with Crippen molar-refractivity contribution in [2.45, 2.75) is 32.3 Å². The van der Waals surface area contributed by atoms with Gasteiger partial charge in [0.05, 0.1) is 18.6 Å². The first-order valence-electron chi connectivity index (χ1n) is 6.19. The zero-order valence-electron chi connectivity index (χ0n) is 11.2. The van der Waals surface area contributed by atoms with Crippen LogP contribution in [0.1, 0.15) is 25.8 Å². The molecule has 0 saturated heterocycles. The number of rotatable bonds is 8. The van der Waals surface area contributed by atoms with Gasteiger partial charge in [-0.15, -0.1) is 11.6 Å². The summed E-state index contributed by atoms with van der Waals surface area (Å²) in [7, 11) is 1.69. The number of alkyl halides is 1. The first-order chi connectivity index (χ1) is 8.72. The number of ether oxygens (including phenoxy) is 3. The summed E-state index contributed by atoms with van der Waals surface area (Å²) in [5.41, 5.74) is 0.951. The van der Waals surface area contributed by atoms with Gasteiger partial charge >= 0.3 is 0 Å². The van der Waals surface area contributed by atoms with Crippen LogP contribution in [-0.2, 0) is 10.6 Å². The van der Waals surface area contributed by atoms with E-state index in [1.165, 1.54) is 0 Å². The maximum Gasteiger partial charge on any atom is 0.165 e. The van der Waals surface area contributed by atoms with E-state index in [2.05, 4.69) is 0 Å². The molecule has 1 aromatic carbocycles. The summed E-state index contributed by atoms with van der Waals surface area (Å²) in [5.74, 6) is 1.91. The van der Waals surface area contributed by atoms with Crippen LogP contribution in [0.25, 0.3) is 0 Å². The summed E-state index contributed by atoms with van der Waals surface area (Å²) in [5, 5.41) is 0. The van der Waals surface area contributed by atoms with Crippen LogP contribution in [0.2, 0.25) is 0 Å². The second-order valence-corrected chi connectivity index (χ2v) is 4.29. The average Bonchev–Trinajstić information content (AvgIpc) is 2.38. The third-order valence-corrected chi connectivity index (χ3v) is 2.84. The van der Waals surface area contributed by atoms with E-state index < -0.39 is 0 Å². The molecule has 1 atom stereocenters. The Bertz CT molecular complexity index is 355. The quantitative estimate of drug-likeness (QED) is 0.677. The van der Waals surface area contributed by atoms with E-state index in [9.17, 15) is 0 Å². The van der Waals surface area contributed by atoms with Crippen molar-refractivity contribution in [1.29, 1.82) is 0 Å². The molecule has 1 aromatic rings. The molecule has 0 N–H and O–H groups in total. The number of hydrogen-bond acceptors (Lipinski definition) is 3. The van der Waals surface area contributed by atoms with E-state index in [4.69, 9.17) is 25.8 Å². The van der Waals surface area contributed by atoms with Gasteiger partial charge in [0.25, 0.3) is 0 Å². The van der Waals surface area contributed by atoms with Gasteiger partial charge in [-0.25, -0.2) is 0 Å². The normalized spacial score (nSPS) is 12.2. The van der Waals surface area contributed by atoms with E-state index in [-0.39, 0.29) is 6.10 Å². The molecule has 0 aliphatic heterocycles. The zero-order chi connectivity index (χ0) is 13.4. The maximum atomic E-state index is 5.93. The number of hydrogen-bond donors (Lipinski definition) is 0. The lowest BCUT2D eigenvalue weighted by Gasteiger charge is -2.19. The first kappa shape index (κ1) is 15.1. The number of para-hydroxylation sites is 1. The van der Waals surface area contributed by atoms with Crippen molar-refractivity contribution in [2.75, 3.05) is 20.3 Å². The number of methoxy groups -OCH3 is 1. The highest BCUT2D eigenvalue weighted by atomic mass is 35.5. The van der Waals surface area contributed by atoms with Crippen LogP contribution in [0.3, 0.4) is 0 Å². The first-order valence-corrected chi connectivity index (χ1v) is 6.72. The fourth-order valence-electron chi connectivity index (χ4n) is 1.61. The third-order valence-electron chi connectivity index (χ3n) is 2.55. The summed E-state index contributed by atoms with van der Waals surface area (Å²) in [4.78, 5) is 0. The van der Waals surface area contributed by atoms with Gasteiger partial charge < -0.3 is 14.2 Å². The van der Waals surface area contributed by atoms with Gasteiger partial charge in [-0.3, -0.25) is 0 Å². The van der Waals surface area contributed by atoms with E-state index in [1.807, 2.05) is 32.0 Å². The van der Waals surface area contributed by atoms with Gasteiger partial charge in [-0.1, -0.05) is 12.1 Å². The minimum absolute atomic E-state index is 0.0634. The topological polar surface area (TPSA) is 27.7 Å². The molecule has 0 saturated carbocycles. The van der Waals surface area contributed by atoms with Crippen LogP contribution < -0.4 is 9.47 Å². The molecule has 0 spiro atoms. The van der Waals surface area contributed by atoms with Crippen molar-refractivity contribution in [3.8, 4) is 11.5 Å². The number of benzene rings is 1. The third kappa shape index (κ3) is 4.39. The largest absolute Gasteiger partial charge is 0.490 e. The van der Waals surface area contributed by atoms with Crippen molar-refractivity contribution in [3.05, 3.63) is 23.8 Å². The monoisotopic (exact) mass is 272 g/mol. The Balaban J connectivity index is 2.82. The smallest absolute Gasteiger partial charge is 0.165 e. The van der Waals surface area contributed by atoms with Crippen LogP contribution in [0, 0.1) is 0 Å². The van der Waals surface area contributed by atoms with Gasteiger partial charge in [0, 0.05) is 25.7 Å². The highest BCUT2D eigenvalue weighted by molar-refractivity contribution is 6.17. The maximum absolute atomic E-state index is 5.93. The van der Waals surface area contributed by atoms with Crippen molar-refractivity contribution >= 4 is 11.6 Å². The molecule has 0 bridgehead atoms. The molecule has 102 valence electrons. The fourth-order valence-corrected chi connectivity index (χ4v) is 1.82. The lowest BCUT2D eigenvalue weighted by Crippen LogP contribution is -2.15. The highest BCUT2D eigenvalue weighted by Crippen LogP contribution is 2.33. The summed E-state index contributed by atoms with van der Waals surface area (Å²) in [6.45, 7) is 5.24. The standard InChI is InChI=1S/C14H21ClO3/c1-4-17-13-7-5-6-12(10-15)14(13)18-11(2)8-9-16-3/h5-7,11H,4,8-10H2,1-3H3. The van der Waals surface area contributed by atoms with Crippen LogP contribution in [-0.4, -0.2) is 26.4 Å². The number of halogens is 1. The second-order valence-electron chi connectivity index (χ2n) is 4.02. The lowest BCUT2D eigenvalue weighted by molar-refractivity contribution is 0.131. The van der Waals surface area contributed by atoms with Gasteiger partial charge in [-0.2, -0.15) is 0 Å². The van der Waals surface area contributed by atoms with Crippen LogP contribution in [0.4, 0.5) is 0 Å². The fraction of sp³-hybridized carbons (Fsp3) is 0.571. The molecular formula is C14H21ClO3. The molecule has 0 aromatic heterocycles. The molecule has 1 rings (SSSR count). The molecule has 3 nitrogen and oxygen atoms in total. The molecule has 0 aliphatic rings. The van der Waals surface area contributed by atoms with Gasteiger partial charge in [0.2, 0.25) is 0 Å². The van der Waals surface area contributed by atoms with Crippen LogP contribution >= 0.6 is 11.6 Å². The molecular weight excluding hydrogens is 252 g/mol. The predicted octanol–water partition coefficient (Wildman–Crippen LogP) is 3.63. The Morgan fingerprint density at radius 2 is 2.11 bits per heavy atom. The molecule has 18 heavy (non-hydrogen) atoms. The van der Waals surface area contributed by atoms with Crippen LogP contribution in [0.15, 0.2) is 18.2 Å². The Morgan fingerprint density at radius 3 is 2.72 bits per heavy atom. The van der Waals surface area contributed by atoms with Gasteiger partial charge in [-0.05, 0) is 19.9 Å². The molecule has 0 amide bonds. The molecule has 0 fully saturated rings. The van der Waals surface area contributed by atoms with E-state index in [1.54, 1.807) is 7.11 Å². The molecule has 0 heterocycles. The molecule has 1 unspecified atom stereocenters. The SMILES string of the molecule is CCOc1cccc(CCl)c1OC(C)CCOC. The molecule has 4 heteroatoms. The Kier molecular flexibility index (Phi) is 6.91. The average molecular weight is 273 g/mol. The summed E-state index contributed by atoms with van der Waals surface area (Å²) >= 11 is 5.93. The van der Waals surface area contributed by atoms with Gasteiger partial charge in [0.1, 0.15) is 0 Å². The van der Waals surface area contributed by atoms with E-state index >= 15 is 0 Å². The van der Waals surface area contributed by atoms with Crippen molar-refractivity contribution in [3.63, 3.8) is 0 Å². The minimum Gasteiger partial charge on any atom is -0.490 e. The predicted molar refractivity (Wildman–Crippen MR) is 73.8 cm³/mol. The summed E-state index contributed by atoms with van der Waals surface area (Å²) < 4.78 is 16.5.